The van der Waals surface area contributed by atoms with E-state index in [0.717, 1.165) is 22.7 Å². The molecule has 0 unspecified atom stereocenters. The summed E-state index contributed by atoms with van der Waals surface area (Å²) in [6.45, 7) is 2.71. The minimum atomic E-state index is -0.557. The van der Waals surface area contributed by atoms with Crippen molar-refractivity contribution in [3.05, 3.63) is 54.1 Å². The van der Waals surface area contributed by atoms with Gasteiger partial charge in [-0.15, -0.1) is 0 Å². The predicted octanol–water partition coefficient (Wildman–Crippen LogP) is 1.71. The Morgan fingerprint density at radius 1 is 0.966 bits per heavy atom. The fraction of sp³-hybridized carbons (Fsp3) is 0.364. The number of nitrogens with zero attached hydrogens (tertiary/aromatic N) is 2. The largest absolute Gasteiger partial charge is 0.497 e. The molecule has 0 spiro atoms. The summed E-state index contributed by atoms with van der Waals surface area (Å²) in [5, 5.41) is 2.72. The van der Waals surface area contributed by atoms with Gasteiger partial charge in [0.2, 0.25) is 0 Å². The molecule has 0 bridgehead atoms. The molecule has 154 valence electrons. The van der Waals surface area contributed by atoms with Crippen LogP contribution < -0.4 is 19.7 Å². The third-order valence-electron chi connectivity index (χ3n) is 5.02. The van der Waals surface area contributed by atoms with E-state index in [0.29, 0.717) is 39.1 Å². The van der Waals surface area contributed by atoms with Crippen LogP contribution in [0.5, 0.6) is 11.5 Å². The van der Waals surface area contributed by atoms with E-state index in [1.807, 2.05) is 48.5 Å². The Hall–Kier alpha value is -3.22. The lowest BCUT2D eigenvalue weighted by Crippen LogP contribution is -2.52. The maximum Gasteiger partial charge on any atom is 0.312 e. The van der Waals surface area contributed by atoms with Gasteiger partial charge in [-0.25, -0.2) is 0 Å². The molecule has 2 aromatic rings. The van der Waals surface area contributed by atoms with Crippen molar-refractivity contribution >= 4 is 17.5 Å². The van der Waals surface area contributed by atoms with Crippen LogP contribution in [-0.4, -0.2) is 63.7 Å². The van der Waals surface area contributed by atoms with Crippen molar-refractivity contribution in [3.63, 3.8) is 0 Å². The average Bonchev–Trinajstić information content (AvgIpc) is 2.78. The van der Waals surface area contributed by atoms with Gasteiger partial charge in [0.15, 0.2) is 0 Å². The van der Waals surface area contributed by atoms with Crippen LogP contribution in [0.1, 0.15) is 5.56 Å². The minimum absolute atomic E-state index is 0.402. The zero-order valence-corrected chi connectivity index (χ0v) is 16.9. The molecule has 1 saturated heterocycles. The number of anilines is 1. The number of methoxy groups -OCH3 is 2. The van der Waals surface area contributed by atoms with Crippen molar-refractivity contribution in [2.45, 2.75) is 6.42 Å². The highest BCUT2D eigenvalue weighted by Gasteiger charge is 2.26. The van der Waals surface area contributed by atoms with Crippen molar-refractivity contribution in [2.75, 3.05) is 51.8 Å². The molecular formula is C22H27N3O4. The smallest absolute Gasteiger partial charge is 0.312 e. The molecule has 1 aliphatic heterocycles. The quantitative estimate of drug-likeness (QED) is 0.752. The molecule has 29 heavy (non-hydrogen) atoms. The van der Waals surface area contributed by atoms with Crippen LogP contribution in [0.4, 0.5) is 5.69 Å². The van der Waals surface area contributed by atoms with Gasteiger partial charge in [0.1, 0.15) is 11.5 Å². The van der Waals surface area contributed by atoms with E-state index in [-0.39, 0.29) is 0 Å². The molecule has 0 radical (unpaired) electrons. The van der Waals surface area contributed by atoms with E-state index in [1.54, 1.807) is 19.1 Å². The molecular weight excluding hydrogens is 370 g/mol. The van der Waals surface area contributed by atoms with Crippen molar-refractivity contribution in [2.24, 2.45) is 0 Å². The van der Waals surface area contributed by atoms with Gasteiger partial charge < -0.3 is 24.6 Å². The third-order valence-corrected chi connectivity index (χ3v) is 5.02. The maximum absolute atomic E-state index is 12.5. The van der Waals surface area contributed by atoms with E-state index in [4.69, 9.17) is 9.47 Å². The van der Waals surface area contributed by atoms with Gasteiger partial charge in [0.25, 0.3) is 0 Å². The molecule has 0 aliphatic carbocycles. The Labute approximate surface area is 171 Å². The topological polar surface area (TPSA) is 71.1 Å². The first-order valence-corrected chi connectivity index (χ1v) is 9.70. The first-order valence-electron chi connectivity index (χ1n) is 9.70. The molecule has 2 aromatic carbocycles. The number of carbonyl (C=O) groups excluding carboxylic acids is 2. The Kier molecular flexibility index (Phi) is 6.94. The number of piperazine rings is 1. The second-order valence-electron chi connectivity index (χ2n) is 6.81. The van der Waals surface area contributed by atoms with Crippen LogP contribution in [0.15, 0.2) is 48.5 Å². The van der Waals surface area contributed by atoms with Crippen LogP contribution in [0, 0.1) is 0 Å². The SMILES string of the molecule is COc1cccc(CCNC(=O)C(=O)N2CCN(c3ccccc3OC)CC2)c1. The highest BCUT2D eigenvalue weighted by Crippen LogP contribution is 2.28. The number of nitrogens with one attached hydrogen (secondary N) is 1. The van der Waals surface area contributed by atoms with Crippen molar-refractivity contribution < 1.29 is 19.1 Å². The monoisotopic (exact) mass is 397 g/mol. The Morgan fingerprint density at radius 2 is 1.72 bits per heavy atom. The summed E-state index contributed by atoms with van der Waals surface area (Å²) in [5.41, 5.74) is 2.05. The minimum Gasteiger partial charge on any atom is -0.497 e. The average molecular weight is 397 g/mol. The molecule has 1 heterocycles. The molecule has 2 amide bonds. The fourth-order valence-electron chi connectivity index (χ4n) is 3.41. The molecule has 1 aliphatic rings. The van der Waals surface area contributed by atoms with E-state index < -0.39 is 11.8 Å². The zero-order valence-electron chi connectivity index (χ0n) is 16.9. The Bertz CT molecular complexity index is 847. The van der Waals surface area contributed by atoms with Gasteiger partial charge in [0.05, 0.1) is 19.9 Å². The van der Waals surface area contributed by atoms with Gasteiger partial charge in [-0.1, -0.05) is 24.3 Å². The van der Waals surface area contributed by atoms with E-state index >= 15 is 0 Å². The Morgan fingerprint density at radius 3 is 2.45 bits per heavy atom. The van der Waals surface area contributed by atoms with Crippen LogP contribution in [0.25, 0.3) is 0 Å². The van der Waals surface area contributed by atoms with E-state index in [9.17, 15) is 9.59 Å². The fourth-order valence-corrected chi connectivity index (χ4v) is 3.41. The lowest BCUT2D eigenvalue weighted by atomic mass is 10.1. The van der Waals surface area contributed by atoms with Gasteiger partial charge in [-0.3, -0.25) is 9.59 Å². The number of hydrogen-bond acceptors (Lipinski definition) is 5. The first kappa shape index (κ1) is 20.5. The van der Waals surface area contributed by atoms with E-state index in [1.165, 1.54) is 0 Å². The molecule has 7 heteroatoms. The summed E-state index contributed by atoms with van der Waals surface area (Å²) >= 11 is 0. The number of para-hydroxylation sites is 2. The van der Waals surface area contributed by atoms with Crippen molar-refractivity contribution in [3.8, 4) is 11.5 Å². The highest BCUT2D eigenvalue weighted by atomic mass is 16.5. The summed E-state index contributed by atoms with van der Waals surface area (Å²) in [6, 6.07) is 15.5. The highest BCUT2D eigenvalue weighted by molar-refractivity contribution is 6.35. The molecule has 0 atom stereocenters. The lowest BCUT2D eigenvalue weighted by Gasteiger charge is -2.36. The first-order chi connectivity index (χ1) is 14.1. The van der Waals surface area contributed by atoms with Crippen LogP contribution in [0.2, 0.25) is 0 Å². The number of benzene rings is 2. The Balaban J connectivity index is 1.46. The number of carbonyl (C=O) groups is 2. The van der Waals surface area contributed by atoms with Gasteiger partial charge in [0, 0.05) is 32.7 Å². The van der Waals surface area contributed by atoms with Gasteiger partial charge in [-0.2, -0.15) is 0 Å². The molecule has 1 N–H and O–H groups in total. The van der Waals surface area contributed by atoms with Crippen LogP contribution in [0.3, 0.4) is 0 Å². The maximum atomic E-state index is 12.5. The van der Waals surface area contributed by atoms with Gasteiger partial charge >= 0.3 is 11.8 Å². The number of ether oxygens (including phenoxy) is 2. The second-order valence-corrected chi connectivity index (χ2v) is 6.81. The summed E-state index contributed by atoms with van der Waals surface area (Å²) in [6.07, 6.45) is 0.637. The number of rotatable bonds is 6. The summed E-state index contributed by atoms with van der Waals surface area (Å²) in [7, 11) is 3.27. The standard InChI is InChI=1S/C22H27N3O4/c1-28-18-7-5-6-17(16-18)10-11-23-21(26)22(27)25-14-12-24(13-15-25)19-8-3-4-9-20(19)29-2/h3-9,16H,10-15H2,1-2H3,(H,23,26). The summed E-state index contributed by atoms with van der Waals surface area (Å²) in [5.74, 6) is 0.550. The zero-order chi connectivity index (χ0) is 20.6. The molecule has 0 saturated carbocycles. The lowest BCUT2D eigenvalue weighted by molar-refractivity contribution is -0.146. The molecule has 0 aromatic heterocycles. The van der Waals surface area contributed by atoms with Gasteiger partial charge in [-0.05, 0) is 36.2 Å². The van der Waals surface area contributed by atoms with Crippen molar-refractivity contribution in [1.82, 2.24) is 10.2 Å². The summed E-state index contributed by atoms with van der Waals surface area (Å²) in [4.78, 5) is 28.5. The predicted molar refractivity (Wildman–Crippen MR) is 111 cm³/mol. The molecule has 1 fully saturated rings. The number of hydrogen-bond donors (Lipinski definition) is 1. The third kappa shape index (κ3) is 5.19. The summed E-state index contributed by atoms with van der Waals surface area (Å²) < 4.78 is 10.6. The molecule has 7 nitrogen and oxygen atoms in total. The normalized spacial score (nSPS) is 13.7. The second kappa shape index (κ2) is 9.82. The van der Waals surface area contributed by atoms with E-state index in [2.05, 4.69) is 10.2 Å². The molecule has 3 rings (SSSR count). The number of amides is 2. The van der Waals surface area contributed by atoms with Crippen LogP contribution >= 0.6 is 0 Å². The van der Waals surface area contributed by atoms with Crippen molar-refractivity contribution in [1.29, 1.82) is 0 Å². The van der Waals surface area contributed by atoms with Crippen LogP contribution in [-0.2, 0) is 16.0 Å².